The van der Waals surface area contributed by atoms with E-state index in [1.165, 1.54) is 23.2 Å². The summed E-state index contributed by atoms with van der Waals surface area (Å²) in [6, 6.07) is 1.72. The molecule has 3 heterocycles. The molecule has 2 aliphatic heterocycles. The lowest BCUT2D eigenvalue weighted by atomic mass is 10.2. The third-order valence-corrected chi connectivity index (χ3v) is 6.99. The van der Waals surface area contributed by atoms with E-state index in [0.717, 1.165) is 19.5 Å². The Hall–Kier alpha value is -0.410. The van der Waals surface area contributed by atoms with Crippen molar-refractivity contribution < 1.29 is 17.9 Å². The van der Waals surface area contributed by atoms with Gasteiger partial charge in [-0.2, -0.15) is 4.31 Å². The van der Waals surface area contributed by atoms with E-state index in [4.69, 9.17) is 9.52 Å². The number of aliphatic hydroxyl groups excluding tert-OH is 1. The number of aliphatic hydroxyl groups is 1. The predicted molar refractivity (Wildman–Crippen MR) is 80.3 cm³/mol. The zero-order valence-corrected chi connectivity index (χ0v) is 14.1. The molecule has 118 valence electrons. The number of likely N-dealkylation sites (tertiary alicyclic amines) is 1. The molecule has 1 aromatic rings. The van der Waals surface area contributed by atoms with E-state index in [1.807, 2.05) is 0 Å². The highest BCUT2D eigenvalue weighted by Gasteiger charge is 2.37. The normalized spacial score (nSPS) is 25.0. The second-order valence-corrected chi connectivity index (χ2v) is 8.18. The molecule has 2 saturated heterocycles. The maximum atomic E-state index is 12.7. The first-order chi connectivity index (χ1) is 10.0. The highest BCUT2D eigenvalue weighted by molar-refractivity contribution is 9.10. The summed E-state index contributed by atoms with van der Waals surface area (Å²) < 4.78 is 32.2. The second-order valence-electron chi connectivity index (χ2n) is 5.56. The van der Waals surface area contributed by atoms with Crippen molar-refractivity contribution in [1.29, 1.82) is 0 Å². The molecule has 0 amide bonds. The van der Waals surface area contributed by atoms with Crippen LogP contribution in [0.15, 0.2) is 20.0 Å². The third-order valence-electron chi connectivity index (χ3n) is 4.26. The molecule has 1 atom stereocenters. The van der Waals surface area contributed by atoms with Gasteiger partial charge in [0.15, 0.2) is 4.67 Å². The lowest BCUT2D eigenvalue weighted by Gasteiger charge is -2.23. The maximum Gasteiger partial charge on any atom is 0.247 e. The first kappa shape index (κ1) is 15.5. The Bertz CT molecular complexity index is 610. The van der Waals surface area contributed by atoms with Crippen molar-refractivity contribution in [3.63, 3.8) is 0 Å². The Morgan fingerprint density at radius 2 is 2.05 bits per heavy atom. The van der Waals surface area contributed by atoms with E-state index in [2.05, 4.69) is 20.8 Å². The van der Waals surface area contributed by atoms with Crippen molar-refractivity contribution in [3.05, 3.63) is 16.5 Å². The quantitative estimate of drug-likeness (QED) is 0.856. The fourth-order valence-corrected chi connectivity index (χ4v) is 5.58. The molecule has 0 aromatic carbocycles. The van der Waals surface area contributed by atoms with Gasteiger partial charge in [-0.3, -0.25) is 4.90 Å². The average Bonchev–Trinajstić information content (AvgIpc) is 3.18. The summed E-state index contributed by atoms with van der Waals surface area (Å²) in [6.45, 7) is 2.90. The van der Waals surface area contributed by atoms with Gasteiger partial charge in [-0.25, -0.2) is 8.42 Å². The van der Waals surface area contributed by atoms with Gasteiger partial charge in [0, 0.05) is 25.2 Å². The Labute approximate surface area is 132 Å². The van der Waals surface area contributed by atoms with Crippen molar-refractivity contribution in [2.45, 2.75) is 36.8 Å². The van der Waals surface area contributed by atoms with E-state index in [0.29, 0.717) is 19.1 Å². The van der Waals surface area contributed by atoms with Crippen LogP contribution in [0.3, 0.4) is 0 Å². The van der Waals surface area contributed by atoms with Gasteiger partial charge >= 0.3 is 0 Å². The highest BCUT2D eigenvalue weighted by atomic mass is 79.9. The number of hydrogen-bond acceptors (Lipinski definition) is 5. The van der Waals surface area contributed by atoms with Gasteiger partial charge in [-0.05, 0) is 48.3 Å². The van der Waals surface area contributed by atoms with Crippen LogP contribution < -0.4 is 0 Å². The molecule has 1 unspecified atom stereocenters. The van der Waals surface area contributed by atoms with Crippen LogP contribution in [0, 0.1) is 0 Å². The molecule has 0 radical (unpaired) electrons. The Morgan fingerprint density at radius 3 is 2.67 bits per heavy atom. The third kappa shape index (κ3) is 2.92. The van der Waals surface area contributed by atoms with Gasteiger partial charge in [-0.15, -0.1) is 0 Å². The zero-order chi connectivity index (χ0) is 15.0. The largest absolute Gasteiger partial charge is 0.450 e. The molecule has 0 saturated carbocycles. The lowest BCUT2D eigenvalue weighted by molar-refractivity contribution is 0.245. The summed E-state index contributed by atoms with van der Waals surface area (Å²) in [5, 5.41) is 9.06. The molecular weight excluding hydrogens is 360 g/mol. The molecule has 2 aliphatic rings. The number of hydrogen-bond donors (Lipinski definition) is 1. The predicted octanol–water partition coefficient (Wildman–Crippen LogP) is 1.39. The van der Waals surface area contributed by atoms with Crippen LogP contribution in [-0.4, -0.2) is 55.0 Å². The van der Waals surface area contributed by atoms with Crippen molar-refractivity contribution in [2.24, 2.45) is 0 Å². The smallest absolute Gasteiger partial charge is 0.247 e. The molecule has 6 nitrogen and oxygen atoms in total. The summed E-state index contributed by atoms with van der Waals surface area (Å²) in [7, 11) is -3.57. The van der Waals surface area contributed by atoms with Crippen molar-refractivity contribution in [3.8, 4) is 0 Å². The molecule has 0 spiro atoms. The van der Waals surface area contributed by atoms with Gasteiger partial charge in [0.05, 0.1) is 0 Å². The van der Waals surface area contributed by atoms with E-state index in [-0.39, 0.29) is 21.9 Å². The van der Waals surface area contributed by atoms with Gasteiger partial charge in [0.1, 0.15) is 17.3 Å². The van der Waals surface area contributed by atoms with Crippen LogP contribution in [0.4, 0.5) is 0 Å². The monoisotopic (exact) mass is 378 g/mol. The van der Waals surface area contributed by atoms with Crippen LogP contribution in [0.2, 0.25) is 0 Å². The summed E-state index contributed by atoms with van der Waals surface area (Å²) >= 11 is 3.13. The zero-order valence-electron chi connectivity index (χ0n) is 11.7. The van der Waals surface area contributed by atoms with Gasteiger partial charge in [0.25, 0.3) is 0 Å². The van der Waals surface area contributed by atoms with Gasteiger partial charge < -0.3 is 9.52 Å². The minimum Gasteiger partial charge on any atom is -0.450 e. The van der Waals surface area contributed by atoms with E-state index in [1.54, 1.807) is 0 Å². The van der Waals surface area contributed by atoms with Crippen molar-refractivity contribution in [2.75, 3.05) is 26.2 Å². The maximum absolute atomic E-state index is 12.7. The Kier molecular flexibility index (Phi) is 4.42. The molecular formula is C13H19BrN2O4S. The minimum absolute atomic E-state index is 0.105. The summed E-state index contributed by atoms with van der Waals surface area (Å²) in [5.41, 5.74) is 0. The van der Waals surface area contributed by atoms with Crippen LogP contribution >= 0.6 is 15.9 Å². The van der Waals surface area contributed by atoms with Gasteiger partial charge in [0.2, 0.25) is 10.0 Å². The molecule has 0 aliphatic carbocycles. The number of sulfonamides is 1. The molecule has 8 heteroatoms. The first-order valence-electron chi connectivity index (χ1n) is 7.15. The standard InChI is InChI=1S/C13H19BrN2O4S/c14-13-12(7-11(9-17)20-13)21(18,19)16-6-3-10(8-16)15-4-1-2-5-15/h7,10,17H,1-6,8-9H2. The molecule has 0 bridgehead atoms. The number of halogens is 1. The number of rotatable bonds is 4. The van der Waals surface area contributed by atoms with E-state index >= 15 is 0 Å². The summed E-state index contributed by atoms with van der Waals surface area (Å²) in [6.07, 6.45) is 3.29. The lowest BCUT2D eigenvalue weighted by Crippen LogP contribution is -2.37. The fraction of sp³-hybridized carbons (Fsp3) is 0.692. The van der Waals surface area contributed by atoms with Crippen LogP contribution in [0.25, 0.3) is 0 Å². The SMILES string of the molecule is O=S(=O)(c1cc(CO)oc1Br)N1CCC(N2CCCC2)C1. The van der Waals surface area contributed by atoms with Gasteiger partial charge in [-0.1, -0.05) is 0 Å². The molecule has 1 aromatic heterocycles. The van der Waals surface area contributed by atoms with Crippen molar-refractivity contribution in [1.82, 2.24) is 9.21 Å². The number of furan rings is 1. The molecule has 1 N–H and O–H groups in total. The Morgan fingerprint density at radius 1 is 1.33 bits per heavy atom. The van der Waals surface area contributed by atoms with Crippen LogP contribution in [-0.2, 0) is 16.6 Å². The average molecular weight is 379 g/mol. The van der Waals surface area contributed by atoms with Crippen LogP contribution in [0.1, 0.15) is 25.0 Å². The summed E-state index contributed by atoms with van der Waals surface area (Å²) in [4.78, 5) is 2.49. The topological polar surface area (TPSA) is 74.0 Å². The molecule has 3 rings (SSSR count). The highest BCUT2D eigenvalue weighted by Crippen LogP contribution is 2.31. The second kappa shape index (κ2) is 6.00. The number of nitrogens with zero attached hydrogens (tertiary/aromatic N) is 2. The molecule has 21 heavy (non-hydrogen) atoms. The molecule has 2 fully saturated rings. The first-order valence-corrected chi connectivity index (χ1v) is 9.39. The van der Waals surface area contributed by atoms with Crippen molar-refractivity contribution >= 4 is 26.0 Å². The van der Waals surface area contributed by atoms with Crippen LogP contribution in [0.5, 0.6) is 0 Å². The van der Waals surface area contributed by atoms with E-state index in [9.17, 15) is 8.42 Å². The fourth-order valence-electron chi connectivity index (χ4n) is 3.12. The Balaban J connectivity index is 1.77. The summed E-state index contributed by atoms with van der Waals surface area (Å²) in [5.74, 6) is 0.246. The van der Waals surface area contributed by atoms with E-state index < -0.39 is 10.0 Å². The minimum atomic E-state index is -3.57.